The third kappa shape index (κ3) is 4.51. The second kappa shape index (κ2) is 6.54. The summed E-state index contributed by atoms with van der Waals surface area (Å²) in [4.78, 5) is 4.56. The molecular formula is C16H21FN2OS. The molecule has 1 heterocycles. The van der Waals surface area contributed by atoms with E-state index in [0.29, 0.717) is 25.3 Å². The Hall–Kier alpha value is -1.46. The molecule has 0 aliphatic carbocycles. The number of hydrogen-bond donors (Lipinski definition) is 1. The maximum Gasteiger partial charge on any atom is 0.140 e. The van der Waals surface area contributed by atoms with Crippen LogP contribution in [0.5, 0.6) is 5.75 Å². The molecule has 0 amide bonds. The van der Waals surface area contributed by atoms with Crippen molar-refractivity contribution in [3.8, 4) is 5.75 Å². The third-order valence-corrected chi connectivity index (χ3v) is 3.87. The van der Waals surface area contributed by atoms with Gasteiger partial charge in [0.25, 0.3) is 0 Å². The predicted molar refractivity (Wildman–Crippen MR) is 84.3 cm³/mol. The zero-order valence-corrected chi connectivity index (χ0v) is 13.5. The number of nitrogens with zero attached hydrogens (tertiary/aromatic N) is 1. The van der Waals surface area contributed by atoms with Gasteiger partial charge in [-0.05, 0) is 30.7 Å². The molecule has 0 saturated heterocycles. The van der Waals surface area contributed by atoms with Crippen molar-refractivity contribution in [3.05, 3.63) is 45.7 Å². The molecule has 0 bridgehead atoms. The van der Waals surface area contributed by atoms with Crippen LogP contribution in [-0.4, -0.2) is 11.5 Å². The molecule has 0 spiro atoms. The van der Waals surface area contributed by atoms with E-state index in [9.17, 15) is 4.39 Å². The van der Waals surface area contributed by atoms with Crippen LogP contribution in [0.15, 0.2) is 23.6 Å². The lowest BCUT2D eigenvalue weighted by Crippen LogP contribution is -2.11. The summed E-state index contributed by atoms with van der Waals surface area (Å²) in [5.41, 5.74) is 7.43. The van der Waals surface area contributed by atoms with Crippen molar-refractivity contribution in [2.24, 2.45) is 5.73 Å². The molecule has 1 aromatic heterocycles. The number of benzene rings is 1. The summed E-state index contributed by atoms with van der Waals surface area (Å²) >= 11 is 1.56. The summed E-state index contributed by atoms with van der Waals surface area (Å²) in [7, 11) is 0. The van der Waals surface area contributed by atoms with Gasteiger partial charge in [-0.25, -0.2) is 9.37 Å². The zero-order valence-electron chi connectivity index (χ0n) is 12.6. The number of aromatic nitrogens is 1. The Bertz CT molecular complexity index is 605. The first-order chi connectivity index (χ1) is 9.88. The summed E-state index contributed by atoms with van der Waals surface area (Å²) in [6.45, 7) is 7.21. The SMILES string of the molecule is CC(C)(C)c1csc(COc2cc(F)cc(CCN)c2)n1. The summed E-state index contributed by atoms with van der Waals surface area (Å²) in [5.74, 6) is 0.219. The maximum atomic E-state index is 13.5. The molecule has 2 rings (SSSR count). The van der Waals surface area contributed by atoms with Crippen molar-refractivity contribution in [2.45, 2.75) is 39.2 Å². The Labute approximate surface area is 129 Å². The van der Waals surface area contributed by atoms with E-state index in [4.69, 9.17) is 10.5 Å². The van der Waals surface area contributed by atoms with Crippen LogP contribution in [0.3, 0.4) is 0 Å². The molecule has 3 nitrogen and oxygen atoms in total. The topological polar surface area (TPSA) is 48.1 Å². The van der Waals surface area contributed by atoms with Crippen LogP contribution < -0.4 is 10.5 Å². The molecule has 0 saturated carbocycles. The monoisotopic (exact) mass is 308 g/mol. The van der Waals surface area contributed by atoms with Crippen molar-refractivity contribution in [1.29, 1.82) is 0 Å². The lowest BCUT2D eigenvalue weighted by atomic mass is 9.93. The Kier molecular flexibility index (Phi) is 4.96. The highest BCUT2D eigenvalue weighted by Gasteiger charge is 2.17. The highest BCUT2D eigenvalue weighted by molar-refractivity contribution is 7.09. The van der Waals surface area contributed by atoms with Gasteiger partial charge < -0.3 is 10.5 Å². The number of hydrogen-bond acceptors (Lipinski definition) is 4. The van der Waals surface area contributed by atoms with Crippen LogP contribution in [0.1, 0.15) is 37.0 Å². The molecule has 0 fully saturated rings. The van der Waals surface area contributed by atoms with Gasteiger partial charge in [0.2, 0.25) is 0 Å². The minimum Gasteiger partial charge on any atom is -0.486 e. The molecule has 114 valence electrons. The molecule has 0 aliphatic heterocycles. The van der Waals surface area contributed by atoms with Crippen LogP contribution in [0.2, 0.25) is 0 Å². The molecule has 0 unspecified atom stereocenters. The van der Waals surface area contributed by atoms with Crippen LogP contribution in [0.25, 0.3) is 0 Å². The molecule has 2 N–H and O–H groups in total. The average Bonchev–Trinajstić information content (AvgIpc) is 2.85. The number of halogens is 1. The normalized spacial score (nSPS) is 11.7. The molecule has 2 aromatic rings. The van der Waals surface area contributed by atoms with E-state index in [2.05, 4.69) is 25.8 Å². The Morgan fingerprint density at radius 3 is 2.67 bits per heavy atom. The Morgan fingerprint density at radius 2 is 2.05 bits per heavy atom. The smallest absolute Gasteiger partial charge is 0.140 e. The van der Waals surface area contributed by atoms with E-state index in [0.717, 1.165) is 16.3 Å². The first-order valence-corrected chi connectivity index (χ1v) is 7.83. The first-order valence-electron chi connectivity index (χ1n) is 6.95. The van der Waals surface area contributed by atoms with Crippen LogP contribution in [0, 0.1) is 5.82 Å². The lowest BCUT2D eigenvalue weighted by Gasteiger charge is -2.14. The highest BCUT2D eigenvalue weighted by Crippen LogP contribution is 2.25. The van der Waals surface area contributed by atoms with Crippen LogP contribution in [-0.2, 0) is 18.4 Å². The molecule has 0 radical (unpaired) electrons. The van der Waals surface area contributed by atoms with E-state index >= 15 is 0 Å². The maximum absolute atomic E-state index is 13.5. The Balaban J connectivity index is 2.04. The number of nitrogens with two attached hydrogens (primary N) is 1. The fourth-order valence-corrected chi connectivity index (χ4v) is 2.81. The average molecular weight is 308 g/mol. The summed E-state index contributed by atoms with van der Waals surface area (Å²) in [5, 5.41) is 2.94. The molecule has 5 heteroatoms. The van der Waals surface area contributed by atoms with Gasteiger partial charge in [-0.1, -0.05) is 20.8 Å². The lowest BCUT2D eigenvalue weighted by molar-refractivity contribution is 0.303. The van der Waals surface area contributed by atoms with E-state index in [1.165, 1.54) is 12.1 Å². The van der Waals surface area contributed by atoms with Crippen LogP contribution >= 0.6 is 11.3 Å². The van der Waals surface area contributed by atoms with Crippen LogP contribution in [0.4, 0.5) is 4.39 Å². The van der Waals surface area contributed by atoms with Gasteiger partial charge in [0, 0.05) is 16.9 Å². The van der Waals surface area contributed by atoms with Crippen molar-refractivity contribution in [1.82, 2.24) is 4.98 Å². The van der Waals surface area contributed by atoms with Crippen molar-refractivity contribution in [3.63, 3.8) is 0 Å². The Morgan fingerprint density at radius 1 is 1.29 bits per heavy atom. The molecule has 0 atom stereocenters. The minimum atomic E-state index is -0.300. The number of rotatable bonds is 5. The standard InChI is InChI=1S/C16H21FN2OS/c1-16(2,3)14-10-21-15(19-14)9-20-13-7-11(4-5-18)6-12(17)8-13/h6-8,10H,4-5,9,18H2,1-3H3. The fourth-order valence-electron chi connectivity index (χ4n) is 1.88. The van der Waals surface area contributed by atoms with Crippen molar-refractivity contribution >= 4 is 11.3 Å². The van der Waals surface area contributed by atoms with E-state index < -0.39 is 0 Å². The molecule has 21 heavy (non-hydrogen) atoms. The number of ether oxygens (including phenoxy) is 1. The first kappa shape index (κ1) is 15.9. The summed E-state index contributed by atoms with van der Waals surface area (Å²) < 4.78 is 19.2. The van der Waals surface area contributed by atoms with Crippen molar-refractivity contribution in [2.75, 3.05) is 6.54 Å². The molecular weight excluding hydrogens is 287 g/mol. The number of thiazole rings is 1. The van der Waals surface area contributed by atoms with E-state index in [1.54, 1.807) is 11.3 Å². The second-order valence-electron chi connectivity index (χ2n) is 6.00. The summed E-state index contributed by atoms with van der Waals surface area (Å²) in [6, 6.07) is 4.70. The largest absolute Gasteiger partial charge is 0.486 e. The van der Waals surface area contributed by atoms with Gasteiger partial charge in [-0.3, -0.25) is 0 Å². The van der Waals surface area contributed by atoms with Gasteiger partial charge >= 0.3 is 0 Å². The molecule has 1 aromatic carbocycles. The van der Waals surface area contributed by atoms with E-state index in [1.807, 2.05) is 11.4 Å². The summed E-state index contributed by atoms with van der Waals surface area (Å²) in [6.07, 6.45) is 0.638. The van der Waals surface area contributed by atoms with Gasteiger partial charge in [-0.2, -0.15) is 0 Å². The van der Waals surface area contributed by atoms with Gasteiger partial charge in [-0.15, -0.1) is 11.3 Å². The fraction of sp³-hybridized carbons (Fsp3) is 0.438. The highest BCUT2D eigenvalue weighted by atomic mass is 32.1. The van der Waals surface area contributed by atoms with E-state index in [-0.39, 0.29) is 11.2 Å². The second-order valence-corrected chi connectivity index (χ2v) is 6.94. The third-order valence-electron chi connectivity index (χ3n) is 3.05. The molecule has 0 aliphatic rings. The van der Waals surface area contributed by atoms with Crippen molar-refractivity contribution < 1.29 is 9.13 Å². The quantitative estimate of drug-likeness (QED) is 0.917. The van der Waals surface area contributed by atoms with Gasteiger partial charge in [0.1, 0.15) is 23.2 Å². The predicted octanol–water partition coefficient (Wildman–Crippen LogP) is 3.66. The zero-order chi connectivity index (χ0) is 15.5. The van der Waals surface area contributed by atoms with Gasteiger partial charge in [0.05, 0.1) is 5.69 Å². The van der Waals surface area contributed by atoms with Gasteiger partial charge in [0.15, 0.2) is 0 Å². The minimum absolute atomic E-state index is 0.0297.